The van der Waals surface area contributed by atoms with E-state index in [2.05, 4.69) is 31.2 Å². The summed E-state index contributed by atoms with van der Waals surface area (Å²) in [6.07, 6.45) is 4.96. The van der Waals surface area contributed by atoms with Crippen LogP contribution < -0.4 is 5.32 Å². The van der Waals surface area contributed by atoms with Gasteiger partial charge < -0.3 is 14.8 Å². The Hall–Kier alpha value is -1.40. The Morgan fingerprint density at radius 3 is 3.05 bits per heavy atom. The number of carbonyl (C=O) groups excluding carboxylic acids is 1. The van der Waals surface area contributed by atoms with Gasteiger partial charge in [-0.25, -0.2) is 4.68 Å². The van der Waals surface area contributed by atoms with Gasteiger partial charge in [0.2, 0.25) is 0 Å². The number of amides is 1. The number of ether oxygens (including phenoxy) is 2. The second-order valence-electron chi connectivity index (χ2n) is 6.34. The van der Waals surface area contributed by atoms with Crippen molar-refractivity contribution >= 4 is 11.7 Å². The van der Waals surface area contributed by atoms with E-state index in [1.165, 1.54) is 0 Å². The number of nitrogens with one attached hydrogen (secondary N) is 1. The van der Waals surface area contributed by atoms with Crippen LogP contribution >= 0.6 is 0 Å². The highest BCUT2D eigenvalue weighted by Crippen LogP contribution is 2.20. The molecule has 2 heterocycles. The molecule has 1 fully saturated rings. The molecule has 0 aromatic carbocycles. The Kier molecular flexibility index (Phi) is 6.39. The van der Waals surface area contributed by atoms with Gasteiger partial charge in [0, 0.05) is 12.7 Å². The SMILES string of the molecule is CC(C)C[C@H](C)n1nccc1NC(=O)COC[C@@H]1CCCO1. The fourth-order valence-corrected chi connectivity index (χ4v) is 2.78. The van der Waals surface area contributed by atoms with Crippen molar-refractivity contribution in [1.29, 1.82) is 0 Å². The molecule has 0 aliphatic carbocycles. The minimum absolute atomic E-state index is 0.0452. The number of carbonyl (C=O) groups is 1. The summed E-state index contributed by atoms with van der Waals surface area (Å²) in [5.41, 5.74) is 0. The molecule has 1 aliphatic heterocycles. The molecule has 1 N–H and O–H groups in total. The van der Waals surface area contributed by atoms with E-state index in [9.17, 15) is 4.79 Å². The van der Waals surface area contributed by atoms with Crippen molar-refractivity contribution in [3.63, 3.8) is 0 Å². The third-order valence-corrected chi connectivity index (χ3v) is 3.73. The lowest BCUT2D eigenvalue weighted by molar-refractivity contribution is -0.121. The van der Waals surface area contributed by atoms with E-state index in [0.29, 0.717) is 12.5 Å². The maximum Gasteiger partial charge on any atom is 0.251 e. The second-order valence-corrected chi connectivity index (χ2v) is 6.34. The Labute approximate surface area is 132 Å². The highest BCUT2D eigenvalue weighted by molar-refractivity contribution is 5.90. The summed E-state index contributed by atoms with van der Waals surface area (Å²) in [7, 11) is 0. The molecule has 1 aromatic heterocycles. The first-order valence-corrected chi connectivity index (χ1v) is 8.09. The van der Waals surface area contributed by atoms with Crippen LogP contribution in [0.4, 0.5) is 5.82 Å². The molecular formula is C16H27N3O3. The van der Waals surface area contributed by atoms with Gasteiger partial charge in [-0.2, -0.15) is 5.10 Å². The number of nitrogens with zero attached hydrogens (tertiary/aromatic N) is 2. The van der Waals surface area contributed by atoms with Gasteiger partial charge in [-0.3, -0.25) is 4.79 Å². The smallest absolute Gasteiger partial charge is 0.251 e. The second kappa shape index (κ2) is 8.29. The average Bonchev–Trinajstić information content (AvgIpc) is 3.09. The molecule has 1 aromatic rings. The molecule has 0 saturated carbocycles. The Morgan fingerprint density at radius 2 is 2.36 bits per heavy atom. The molecule has 6 heteroatoms. The molecule has 0 unspecified atom stereocenters. The zero-order valence-corrected chi connectivity index (χ0v) is 13.7. The Bertz CT molecular complexity index is 467. The molecule has 0 radical (unpaired) electrons. The van der Waals surface area contributed by atoms with E-state index in [1.807, 2.05) is 10.7 Å². The molecule has 2 rings (SSSR count). The molecule has 0 bridgehead atoms. The zero-order valence-electron chi connectivity index (χ0n) is 13.7. The van der Waals surface area contributed by atoms with E-state index in [-0.39, 0.29) is 24.7 Å². The maximum absolute atomic E-state index is 12.0. The van der Waals surface area contributed by atoms with Gasteiger partial charge >= 0.3 is 0 Å². The molecule has 6 nitrogen and oxygen atoms in total. The summed E-state index contributed by atoms with van der Waals surface area (Å²) >= 11 is 0. The number of rotatable bonds is 8. The number of anilines is 1. The fraction of sp³-hybridized carbons (Fsp3) is 0.750. The number of hydrogen-bond donors (Lipinski definition) is 1. The normalized spacial score (nSPS) is 19.5. The van der Waals surface area contributed by atoms with Gasteiger partial charge in [-0.05, 0) is 32.1 Å². The predicted molar refractivity (Wildman–Crippen MR) is 84.8 cm³/mol. The van der Waals surface area contributed by atoms with Crippen molar-refractivity contribution in [2.24, 2.45) is 5.92 Å². The van der Waals surface area contributed by atoms with Crippen molar-refractivity contribution in [3.8, 4) is 0 Å². The van der Waals surface area contributed by atoms with E-state index in [1.54, 1.807) is 6.20 Å². The number of hydrogen-bond acceptors (Lipinski definition) is 4. The topological polar surface area (TPSA) is 65.4 Å². The number of aromatic nitrogens is 2. The van der Waals surface area contributed by atoms with Gasteiger partial charge in [0.1, 0.15) is 12.4 Å². The average molecular weight is 309 g/mol. The summed E-state index contributed by atoms with van der Waals surface area (Å²) in [6.45, 7) is 7.79. The molecule has 2 atom stereocenters. The fourth-order valence-electron chi connectivity index (χ4n) is 2.78. The van der Waals surface area contributed by atoms with Crippen LogP contribution in [0.15, 0.2) is 12.3 Å². The van der Waals surface area contributed by atoms with Crippen LogP contribution in [0.1, 0.15) is 46.1 Å². The molecule has 22 heavy (non-hydrogen) atoms. The van der Waals surface area contributed by atoms with Crippen molar-refractivity contribution in [2.75, 3.05) is 25.1 Å². The minimum atomic E-state index is -0.156. The summed E-state index contributed by atoms with van der Waals surface area (Å²) in [5, 5.41) is 7.17. The lowest BCUT2D eigenvalue weighted by Crippen LogP contribution is -2.24. The van der Waals surface area contributed by atoms with Crippen LogP contribution in [0, 0.1) is 5.92 Å². The molecule has 0 spiro atoms. The summed E-state index contributed by atoms with van der Waals surface area (Å²) in [5.74, 6) is 1.15. The van der Waals surface area contributed by atoms with E-state index >= 15 is 0 Å². The molecule has 124 valence electrons. The lowest BCUT2D eigenvalue weighted by atomic mass is 10.1. The molecule has 1 aliphatic rings. The van der Waals surface area contributed by atoms with Crippen LogP contribution in [-0.4, -0.2) is 41.6 Å². The van der Waals surface area contributed by atoms with Crippen LogP contribution in [0.2, 0.25) is 0 Å². The van der Waals surface area contributed by atoms with Gasteiger partial charge in [0.15, 0.2) is 0 Å². The third kappa shape index (κ3) is 5.10. The molecular weight excluding hydrogens is 282 g/mol. The van der Waals surface area contributed by atoms with Crippen molar-refractivity contribution < 1.29 is 14.3 Å². The minimum Gasteiger partial charge on any atom is -0.376 e. The maximum atomic E-state index is 12.0. The van der Waals surface area contributed by atoms with Crippen molar-refractivity contribution in [3.05, 3.63) is 12.3 Å². The van der Waals surface area contributed by atoms with Crippen LogP contribution in [0.3, 0.4) is 0 Å². The van der Waals surface area contributed by atoms with Crippen LogP contribution in [0.25, 0.3) is 0 Å². The summed E-state index contributed by atoms with van der Waals surface area (Å²) in [6, 6.07) is 2.06. The van der Waals surface area contributed by atoms with Gasteiger partial charge in [0.05, 0.1) is 24.9 Å². The van der Waals surface area contributed by atoms with Gasteiger partial charge in [-0.1, -0.05) is 13.8 Å². The van der Waals surface area contributed by atoms with Gasteiger partial charge in [0.25, 0.3) is 5.91 Å². The largest absolute Gasteiger partial charge is 0.376 e. The van der Waals surface area contributed by atoms with Crippen molar-refractivity contribution in [2.45, 2.75) is 52.2 Å². The molecule has 1 amide bonds. The van der Waals surface area contributed by atoms with Crippen LogP contribution in [0.5, 0.6) is 0 Å². The van der Waals surface area contributed by atoms with Crippen molar-refractivity contribution in [1.82, 2.24) is 9.78 Å². The highest BCUT2D eigenvalue weighted by atomic mass is 16.5. The Morgan fingerprint density at radius 1 is 1.55 bits per heavy atom. The first-order chi connectivity index (χ1) is 10.6. The monoisotopic (exact) mass is 309 g/mol. The first-order valence-electron chi connectivity index (χ1n) is 8.09. The van der Waals surface area contributed by atoms with E-state index in [4.69, 9.17) is 9.47 Å². The summed E-state index contributed by atoms with van der Waals surface area (Å²) < 4.78 is 12.7. The highest BCUT2D eigenvalue weighted by Gasteiger charge is 2.17. The predicted octanol–water partition coefficient (Wildman–Crippen LogP) is 2.62. The van der Waals surface area contributed by atoms with Crippen LogP contribution in [-0.2, 0) is 14.3 Å². The summed E-state index contributed by atoms with van der Waals surface area (Å²) in [4.78, 5) is 12.0. The lowest BCUT2D eigenvalue weighted by Gasteiger charge is -2.18. The van der Waals surface area contributed by atoms with Gasteiger partial charge in [-0.15, -0.1) is 0 Å². The molecule has 1 saturated heterocycles. The zero-order chi connectivity index (χ0) is 15.9. The quantitative estimate of drug-likeness (QED) is 0.801. The standard InChI is InChI=1S/C16H27N3O3/c1-12(2)9-13(3)19-15(6-7-17-19)18-16(20)11-21-10-14-5-4-8-22-14/h6-7,12-14H,4-5,8-11H2,1-3H3,(H,18,20)/t13-,14-/m0/s1. The Balaban J connectivity index is 1.77. The van der Waals surface area contributed by atoms with E-state index in [0.717, 1.165) is 31.7 Å². The third-order valence-electron chi connectivity index (χ3n) is 3.73. The first kappa shape index (κ1) is 17.0. The van der Waals surface area contributed by atoms with E-state index < -0.39 is 0 Å².